The first-order valence-electron chi connectivity index (χ1n) is 27.8. The Kier molecular flexibility index (Phi) is 30.2. The van der Waals surface area contributed by atoms with Crippen LogP contribution in [-0.4, -0.2) is 132 Å². The monoisotopic (exact) mass is 1110 g/mol. The van der Waals surface area contributed by atoms with Gasteiger partial charge in [-0.3, -0.25) is 38.4 Å². The number of hydrogen-bond acceptors (Lipinski definition) is 13. The predicted octanol–water partition coefficient (Wildman–Crippen LogP) is 0.724. The van der Waals surface area contributed by atoms with Gasteiger partial charge in [-0.2, -0.15) is 0 Å². The number of unbranched alkanes of at least 4 members (excludes halogenated alkanes) is 1. The van der Waals surface area contributed by atoms with Gasteiger partial charge in [0.25, 0.3) is 0 Å². The summed E-state index contributed by atoms with van der Waals surface area (Å²) in [5.41, 5.74) is 26.4. The van der Waals surface area contributed by atoms with E-state index in [0.29, 0.717) is 12.8 Å². The molecule has 22 heteroatoms. The number of carbonyl (C=O) groups is 9. The molecule has 3 aromatic carbocycles. The van der Waals surface area contributed by atoms with Crippen LogP contribution in [0.3, 0.4) is 0 Å². The molecule has 0 aromatic heterocycles. The SMILES string of the molecule is CC(C)C[C@@H](NC(=O)[C@@H](C)NC(=O)[C@H](N)Cc1ccccc1)C(=O)N[C@H](CCCN)C(=O)N[C@@H](CCCCNC(=O)[C@@H](CCCN)NC(=O)[C@@H](CC(C)C)NC(=O)[C@@H](Cc1ccccc1)NC(=O)[C@H](N)Cc1ccccc1)C(=O)O. The van der Waals surface area contributed by atoms with E-state index in [1.54, 1.807) is 0 Å². The number of aliphatic carboxylic acids is 1. The molecule has 0 fully saturated rings. The van der Waals surface area contributed by atoms with Gasteiger partial charge in [-0.05, 0) is 119 Å². The van der Waals surface area contributed by atoms with Gasteiger partial charge in [0.2, 0.25) is 47.3 Å². The molecule has 0 saturated heterocycles. The van der Waals surface area contributed by atoms with E-state index in [1.807, 2.05) is 119 Å². The van der Waals surface area contributed by atoms with Crippen LogP contribution in [0.4, 0.5) is 0 Å². The number of carboxylic acids is 1. The molecular formula is C58H88N12O10. The molecule has 80 heavy (non-hydrogen) atoms. The van der Waals surface area contributed by atoms with E-state index in [9.17, 15) is 48.3 Å². The normalized spacial score (nSPS) is 14.6. The summed E-state index contributed by atoms with van der Waals surface area (Å²) in [6, 6.07) is 17.5. The van der Waals surface area contributed by atoms with Gasteiger partial charge in [0.05, 0.1) is 12.1 Å². The highest BCUT2D eigenvalue weighted by molar-refractivity contribution is 5.96. The number of carboxylic acid groups (broad SMARTS) is 1. The second-order valence-corrected chi connectivity index (χ2v) is 21.1. The van der Waals surface area contributed by atoms with E-state index in [0.717, 1.165) is 16.7 Å². The summed E-state index contributed by atoms with van der Waals surface area (Å²) >= 11 is 0. The summed E-state index contributed by atoms with van der Waals surface area (Å²) in [6.07, 6.45) is 2.33. The van der Waals surface area contributed by atoms with Crippen LogP contribution in [0.25, 0.3) is 0 Å². The molecular weight excluding hydrogens is 1020 g/mol. The lowest BCUT2D eigenvalue weighted by atomic mass is 10.00. The van der Waals surface area contributed by atoms with E-state index >= 15 is 0 Å². The summed E-state index contributed by atoms with van der Waals surface area (Å²) in [4.78, 5) is 121. The van der Waals surface area contributed by atoms with E-state index in [1.165, 1.54) is 6.92 Å². The molecule has 3 aromatic rings. The van der Waals surface area contributed by atoms with E-state index in [2.05, 4.69) is 42.5 Å². The number of nitrogens with one attached hydrogen (secondary N) is 8. The number of carbonyl (C=O) groups excluding carboxylic acids is 8. The van der Waals surface area contributed by atoms with Crippen molar-refractivity contribution >= 4 is 53.2 Å². The van der Waals surface area contributed by atoms with Crippen LogP contribution in [0.5, 0.6) is 0 Å². The Morgan fingerprint density at radius 2 is 0.750 bits per heavy atom. The van der Waals surface area contributed by atoms with Gasteiger partial charge in [0.1, 0.15) is 42.3 Å². The van der Waals surface area contributed by atoms with Crippen molar-refractivity contribution in [1.82, 2.24) is 42.5 Å². The van der Waals surface area contributed by atoms with Crippen LogP contribution >= 0.6 is 0 Å². The molecule has 0 radical (unpaired) electrons. The molecule has 17 N–H and O–H groups in total. The largest absolute Gasteiger partial charge is 0.480 e. The zero-order chi connectivity index (χ0) is 59.1. The number of benzene rings is 3. The highest BCUT2D eigenvalue weighted by Crippen LogP contribution is 2.13. The fourth-order valence-electron chi connectivity index (χ4n) is 8.68. The van der Waals surface area contributed by atoms with Crippen molar-refractivity contribution < 1.29 is 48.3 Å². The van der Waals surface area contributed by atoms with Crippen molar-refractivity contribution in [3.05, 3.63) is 108 Å². The van der Waals surface area contributed by atoms with Gasteiger partial charge in [-0.25, -0.2) is 4.79 Å². The fraction of sp³-hybridized carbons (Fsp3) is 0.534. The Hall–Kier alpha value is -7.27. The summed E-state index contributed by atoms with van der Waals surface area (Å²) in [6.45, 7) is 9.36. The maximum Gasteiger partial charge on any atom is 0.326 e. The molecule has 9 atom stereocenters. The zero-order valence-electron chi connectivity index (χ0n) is 47.0. The van der Waals surface area contributed by atoms with Gasteiger partial charge in [-0.1, -0.05) is 119 Å². The van der Waals surface area contributed by atoms with Crippen LogP contribution in [-0.2, 0) is 62.4 Å². The molecule has 0 saturated carbocycles. The van der Waals surface area contributed by atoms with Crippen LogP contribution in [0, 0.1) is 11.8 Å². The molecule has 0 aliphatic heterocycles. The van der Waals surface area contributed by atoms with Gasteiger partial charge >= 0.3 is 5.97 Å². The Morgan fingerprint density at radius 1 is 0.400 bits per heavy atom. The molecule has 440 valence electrons. The quantitative estimate of drug-likeness (QED) is 0.0354. The third-order valence-corrected chi connectivity index (χ3v) is 13.1. The summed E-state index contributed by atoms with van der Waals surface area (Å²) in [5, 5.41) is 31.8. The lowest BCUT2D eigenvalue weighted by Gasteiger charge is -2.27. The number of rotatable bonds is 37. The van der Waals surface area contributed by atoms with E-state index in [4.69, 9.17) is 22.9 Å². The molecule has 0 spiro atoms. The number of amides is 8. The maximum absolute atomic E-state index is 14.1. The highest BCUT2D eigenvalue weighted by Gasteiger charge is 2.33. The maximum atomic E-state index is 14.1. The minimum absolute atomic E-state index is 0.0479. The first-order chi connectivity index (χ1) is 38.1. The third kappa shape index (κ3) is 25.2. The molecule has 0 aliphatic rings. The standard InChI is InChI=1S/C58H88N12O10/c1-36(2)31-47(68-50(71)38(5)64-51(72)42(61)33-39-19-9-6-10-20-39)55(76)66-45(27-18-29-60)54(75)67-46(58(79)80)25-15-16-30-63-53(74)44(26-17-28-59)65-56(77)48(32-37(3)4)70-57(78)49(35-41-23-13-8-14-24-41)69-52(73)43(62)34-40-21-11-7-12-22-40/h6-14,19-24,36-38,42-49H,15-18,25-35,59-62H2,1-5H3,(H,63,74)(H,64,72)(H,65,77)(H,66,76)(H,67,75)(H,68,71)(H,69,73)(H,70,78)(H,79,80)/t38-,42-,43-,44-,45-,46+,47-,48-,49-/m1/s1. The smallest absolute Gasteiger partial charge is 0.326 e. The summed E-state index contributed by atoms with van der Waals surface area (Å²) in [7, 11) is 0. The average molecular weight is 1110 g/mol. The lowest BCUT2D eigenvalue weighted by Crippen LogP contribution is -2.58. The number of hydrogen-bond donors (Lipinski definition) is 13. The van der Waals surface area contributed by atoms with Crippen molar-refractivity contribution in [2.45, 2.75) is 166 Å². The van der Waals surface area contributed by atoms with Crippen LogP contribution in [0.2, 0.25) is 0 Å². The molecule has 0 heterocycles. The molecule has 8 amide bonds. The van der Waals surface area contributed by atoms with Crippen molar-refractivity contribution in [3.63, 3.8) is 0 Å². The van der Waals surface area contributed by atoms with Crippen LogP contribution in [0.1, 0.15) is 109 Å². The summed E-state index contributed by atoms with van der Waals surface area (Å²) in [5.74, 6) is -6.48. The first-order valence-corrected chi connectivity index (χ1v) is 27.8. The first kappa shape index (κ1) is 67.0. The molecule has 0 bridgehead atoms. The lowest BCUT2D eigenvalue weighted by molar-refractivity contribution is -0.142. The number of nitrogens with two attached hydrogens (primary N) is 4. The van der Waals surface area contributed by atoms with Crippen LogP contribution < -0.4 is 65.5 Å². The summed E-state index contributed by atoms with van der Waals surface area (Å²) < 4.78 is 0. The second kappa shape index (κ2) is 36.1. The topological polar surface area (TPSA) is 374 Å². The minimum atomic E-state index is -1.38. The minimum Gasteiger partial charge on any atom is -0.480 e. The third-order valence-electron chi connectivity index (χ3n) is 13.1. The van der Waals surface area contributed by atoms with E-state index < -0.39 is 108 Å². The predicted molar refractivity (Wildman–Crippen MR) is 306 cm³/mol. The Bertz CT molecular complexity index is 2420. The van der Waals surface area contributed by atoms with Gasteiger partial charge in [0, 0.05) is 13.0 Å². The molecule has 0 unspecified atom stereocenters. The zero-order valence-corrected chi connectivity index (χ0v) is 47.0. The van der Waals surface area contributed by atoms with Crippen molar-refractivity contribution in [2.24, 2.45) is 34.8 Å². The average Bonchev–Trinajstić information content (AvgIpc) is 3.42. The van der Waals surface area contributed by atoms with Crippen molar-refractivity contribution in [2.75, 3.05) is 19.6 Å². The Morgan fingerprint density at radius 3 is 1.19 bits per heavy atom. The fourth-order valence-corrected chi connectivity index (χ4v) is 8.68. The molecule has 3 rings (SSSR count). The Labute approximate surface area is 470 Å². The van der Waals surface area contributed by atoms with Crippen molar-refractivity contribution in [3.8, 4) is 0 Å². The second-order valence-electron chi connectivity index (χ2n) is 21.1. The highest BCUT2D eigenvalue weighted by atomic mass is 16.4. The Balaban J connectivity index is 1.61. The van der Waals surface area contributed by atoms with Crippen molar-refractivity contribution in [1.29, 1.82) is 0 Å². The molecule has 22 nitrogen and oxygen atoms in total. The van der Waals surface area contributed by atoms with Gasteiger partial charge < -0.3 is 70.6 Å². The molecule has 0 aliphatic carbocycles. The van der Waals surface area contributed by atoms with E-state index in [-0.39, 0.29) is 95.7 Å². The van der Waals surface area contributed by atoms with Crippen LogP contribution in [0.15, 0.2) is 91.0 Å². The van der Waals surface area contributed by atoms with Gasteiger partial charge in [-0.15, -0.1) is 0 Å². The van der Waals surface area contributed by atoms with Gasteiger partial charge in [0.15, 0.2) is 0 Å².